The SMILES string of the molecule is COc1cc(OC)cc(-c2nc(Br)c3ccncn23)c1. The van der Waals surface area contributed by atoms with Gasteiger partial charge in [0.15, 0.2) is 0 Å². The van der Waals surface area contributed by atoms with Crippen LogP contribution in [0, 0.1) is 0 Å². The minimum absolute atomic E-state index is 0.719. The van der Waals surface area contributed by atoms with Gasteiger partial charge in [0.25, 0.3) is 0 Å². The Hall–Kier alpha value is -2.08. The van der Waals surface area contributed by atoms with Crippen LogP contribution in [0.4, 0.5) is 0 Å². The van der Waals surface area contributed by atoms with Gasteiger partial charge in [-0.25, -0.2) is 9.97 Å². The Kier molecular flexibility index (Phi) is 3.31. The third-order valence-corrected chi connectivity index (χ3v) is 3.60. The number of nitrogens with zero attached hydrogens (tertiary/aromatic N) is 3. The summed E-state index contributed by atoms with van der Waals surface area (Å²) in [6.45, 7) is 0. The van der Waals surface area contributed by atoms with Gasteiger partial charge in [-0.3, -0.25) is 4.40 Å². The first-order valence-corrected chi connectivity index (χ1v) is 6.73. The molecule has 0 unspecified atom stereocenters. The molecule has 3 aromatic rings. The lowest BCUT2D eigenvalue weighted by molar-refractivity contribution is 0.394. The van der Waals surface area contributed by atoms with Crippen molar-refractivity contribution in [1.82, 2.24) is 14.4 Å². The lowest BCUT2D eigenvalue weighted by Gasteiger charge is -2.07. The summed E-state index contributed by atoms with van der Waals surface area (Å²) < 4.78 is 13.3. The molecule has 5 nitrogen and oxygen atoms in total. The Balaban J connectivity index is 2.25. The van der Waals surface area contributed by atoms with Gasteiger partial charge in [0.1, 0.15) is 28.3 Å². The smallest absolute Gasteiger partial charge is 0.147 e. The number of benzene rings is 1. The number of aromatic nitrogens is 3. The van der Waals surface area contributed by atoms with Crippen LogP contribution in [0.15, 0.2) is 41.4 Å². The van der Waals surface area contributed by atoms with Gasteiger partial charge in [-0.2, -0.15) is 0 Å². The van der Waals surface area contributed by atoms with Crippen LogP contribution < -0.4 is 9.47 Å². The van der Waals surface area contributed by atoms with Crippen molar-refractivity contribution >= 4 is 21.4 Å². The fraction of sp³-hybridized carbons (Fsp3) is 0.143. The van der Waals surface area contributed by atoms with Crippen molar-refractivity contribution in [2.75, 3.05) is 14.2 Å². The van der Waals surface area contributed by atoms with Crippen molar-refractivity contribution in [3.05, 3.63) is 41.4 Å². The largest absolute Gasteiger partial charge is 0.497 e. The van der Waals surface area contributed by atoms with E-state index in [-0.39, 0.29) is 0 Å². The van der Waals surface area contributed by atoms with Gasteiger partial charge >= 0.3 is 0 Å². The minimum Gasteiger partial charge on any atom is -0.497 e. The monoisotopic (exact) mass is 333 g/mol. The molecule has 0 spiro atoms. The highest BCUT2D eigenvalue weighted by atomic mass is 79.9. The number of hydrogen-bond acceptors (Lipinski definition) is 4. The van der Waals surface area contributed by atoms with Crippen LogP contribution >= 0.6 is 15.9 Å². The maximum absolute atomic E-state index is 5.29. The lowest BCUT2D eigenvalue weighted by Crippen LogP contribution is -1.93. The summed E-state index contributed by atoms with van der Waals surface area (Å²) >= 11 is 3.46. The molecule has 0 atom stereocenters. The summed E-state index contributed by atoms with van der Waals surface area (Å²) in [4.78, 5) is 8.68. The molecule has 0 N–H and O–H groups in total. The van der Waals surface area contributed by atoms with Crippen LogP contribution in [0.5, 0.6) is 11.5 Å². The Labute approximate surface area is 124 Å². The molecule has 2 heterocycles. The highest BCUT2D eigenvalue weighted by molar-refractivity contribution is 9.10. The number of rotatable bonds is 3. The molecule has 102 valence electrons. The number of ether oxygens (including phenoxy) is 2. The van der Waals surface area contributed by atoms with Crippen LogP contribution in [-0.2, 0) is 0 Å². The van der Waals surface area contributed by atoms with E-state index in [0.29, 0.717) is 0 Å². The van der Waals surface area contributed by atoms with E-state index in [0.717, 1.165) is 33.0 Å². The highest BCUT2D eigenvalue weighted by Crippen LogP contribution is 2.31. The fourth-order valence-electron chi connectivity index (χ4n) is 2.04. The van der Waals surface area contributed by atoms with Gasteiger partial charge in [-0.1, -0.05) is 0 Å². The summed E-state index contributed by atoms with van der Waals surface area (Å²) in [6.07, 6.45) is 3.46. The second-order valence-corrected chi connectivity index (χ2v) is 4.91. The average molecular weight is 334 g/mol. The summed E-state index contributed by atoms with van der Waals surface area (Å²) in [5.41, 5.74) is 1.85. The maximum atomic E-state index is 5.29. The normalized spacial score (nSPS) is 10.8. The molecule has 0 amide bonds. The van der Waals surface area contributed by atoms with E-state index in [1.165, 1.54) is 0 Å². The second kappa shape index (κ2) is 5.13. The van der Waals surface area contributed by atoms with Gasteiger partial charge < -0.3 is 9.47 Å². The van der Waals surface area contributed by atoms with E-state index in [4.69, 9.17) is 9.47 Å². The van der Waals surface area contributed by atoms with E-state index in [1.54, 1.807) is 26.7 Å². The van der Waals surface area contributed by atoms with Crippen LogP contribution in [0.2, 0.25) is 0 Å². The third kappa shape index (κ3) is 2.12. The molecule has 0 aliphatic carbocycles. The Morgan fingerprint density at radius 2 is 1.80 bits per heavy atom. The van der Waals surface area contributed by atoms with Crippen molar-refractivity contribution < 1.29 is 9.47 Å². The van der Waals surface area contributed by atoms with Crippen LogP contribution in [-0.4, -0.2) is 28.6 Å². The predicted molar refractivity (Wildman–Crippen MR) is 79.2 cm³/mol. The number of halogens is 1. The molecule has 0 bridgehead atoms. The highest BCUT2D eigenvalue weighted by Gasteiger charge is 2.13. The average Bonchev–Trinajstić information content (AvgIpc) is 2.84. The first kappa shape index (κ1) is 12.9. The zero-order valence-corrected chi connectivity index (χ0v) is 12.6. The van der Waals surface area contributed by atoms with Gasteiger partial charge in [0, 0.05) is 17.8 Å². The topological polar surface area (TPSA) is 48.7 Å². The van der Waals surface area contributed by atoms with E-state index in [2.05, 4.69) is 25.9 Å². The Morgan fingerprint density at radius 1 is 1.10 bits per heavy atom. The van der Waals surface area contributed by atoms with Crippen molar-refractivity contribution in [3.8, 4) is 22.9 Å². The summed E-state index contributed by atoms with van der Waals surface area (Å²) in [6, 6.07) is 7.55. The maximum Gasteiger partial charge on any atom is 0.147 e. The Morgan fingerprint density at radius 3 is 2.45 bits per heavy atom. The molecule has 6 heteroatoms. The van der Waals surface area contributed by atoms with Crippen molar-refractivity contribution in [2.45, 2.75) is 0 Å². The molecule has 0 saturated heterocycles. The molecule has 0 saturated carbocycles. The molecule has 1 aromatic carbocycles. The first-order valence-electron chi connectivity index (χ1n) is 5.94. The predicted octanol–water partition coefficient (Wildman–Crippen LogP) is 3.18. The van der Waals surface area contributed by atoms with Gasteiger partial charge in [0.05, 0.1) is 19.7 Å². The third-order valence-electron chi connectivity index (χ3n) is 3.01. The first-order chi connectivity index (χ1) is 9.72. The number of methoxy groups -OCH3 is 2. The molecular weight excluding hydrogens is 322 g/mol. The van der Waals surface area contributed by atoms with Crippen molar-refractivity contribution in [3.63, 3.8) is 0 Å². The molecule has 2 aromatic heterocycles. The molecular formula is C14H12BrN3O2. The number of fused-ring (bicyclic) bond motifs is 1. The molecule has 0 aliphatic heterocycles. The van der Waals surface area contributed by atoms with Crippen LogP contribution in [0.25, 0.3) is 16.9 Å². The van der Waals surface area contributed by atoms with Crippen molar-refractivity contribution in [1.29, 1.82) is 0 Å². The Bertz CT molecular complexity index is 748. The molecule has 3 rings (SSSR count). The summed E-state index contributed by atoms with van der Waals surface area (Å²) in [7, 11) is 3.25. The van der Waals surface area contributed by atoms with Gasteiger partial charge in [0.2, 0.25) is 0 Å². The lowest BCUT2D eigenvalue weighted by atomic mass is 10.2. The molecule has 20 heavy (non-hydrogen) atoms. The zero-order chi connectivity index (χ0) is 14.1. The molecule has 0 aliphatic rings. The summed E-state index contributed by atoms with van der Waals surface area (Å²) in [5, 5.41) is 0. The van der Waals surface area contributed by atoms with E-state index < -0.39 is 0 Å². The van der Waals surface area contributed by atoms with E-state index in [9.17, 15) is 0 Å². The van der Waals surface area contributed by atoms with E-state index in [1.807, 2.05) is 28.7 Å². The number of imidazole rings is 1. The molecule has 0 fully saturated rings. The minimum atomic E-state index is 0.719. The quantitative estimate of drug-likeness (QED) is 0.738. The molecule has 0 radical (unpaired) electrons. The standard InChI is InChI=1S/C14H12BrN3O2/c1-19-10-5-9(6-11(7-10)20-2)14-17-13(15)12-3-4-16-8-18(12)14/h3-8H,1-2H3. The van der Waals surface area contributed by atoms with E-state index >= 15 is 0 Å². The fourth-order valence-corrected chi connectivity index (χ4v) is 2.53. The zero-order valence-electron chi connectivity index (χ0n) is 11.0. The second-order valence-electron chi connectivity index (χ2n) is 4.16. The van der Waals surface area contributed by atoms with Gasteiger partial charge in [-0.15, -0.1) is 0 Å². The van der Waals surface area contributed by atoms with Gasteiger partial charge in [-0.05, 0) is 34.1 Å². The summed E-state index contributed by atoms with van der Waals surface area (Å²) in [5.74, 6) is 2.21. The van der Waals surface area contributed by atoms with Crippen LogP contribution in [0.1, 0.15) is 0 Å². The number of hydrogen-bond donors (Lipinski definition) is 0. The van der Waals surface area contributed by atoms with Crippen molar-refractivity contribution in [2.24, 2.45) is 0 Å². The van der Waals surface area contributed by atoms with Crippen LogP contribution in [0.3, 0.4) is 0 Å².